The van der Waals surface area contributed by atoms with Crippen LogP contribution in [0.1, 0.15) is 34.5 Å². The van der Waals surface area contributed by atoms with Crippen molar-refractivity contribution in [1.82, 2.24) is 4.98 Å². The number of carbonyl (C=O) groups excluding carboxylic acids is 2. The van der Waals surface area contributed by atoms with E-state index in [4.69, 9.17) is 14.5 Å². The van der Waals surface area contributed by atoms with Crippen LogP contribution in [0.3, 0.4) is 0 Å². The Morgan fingerprint density at radius 2 is 0.955 bits per heavy atom. The lowest BCUT2D eigenvalue weighted by atomic mass is 9.91. The summed E-state index contributed by atoms with van der Waals surface area (Å²) >= 11 is 0. The van der Waals surface area contributed by atoms with Gasteiger partial charge in [0.15, 0.2) is 12.2 Å². The van der Waals surface area contributed by atoms with E-state index < -0.39 is 24.1 Å². The minimum atomic E-state index is -0.641. The fourth-order valence-corrected chi connectivity index (χ4v) is 5.46. The van der Waals surface area contributed by atoms with Crippen molar-refractivity contribution in [3.63, 3.8) is 0 Å². The molecule has 0 spiro atoms. The zero-order valence-corrected chi connectivity index (χ0v) is 23.9. The fourth-order valence-electron chi connectivity index (χ4n) is 5.46. The summed E-state index contributed by atoms with van der Waals surface area (Å²) < 4.78 is 11.7. The lowest BCUT2D eigenvalue weighted by Gasteiger charge is -2.21. The van der Waals surface area contributed by atoms with Gasteiger partial charge in [-0.1, -0.05) is 116 Å². The summed E-state index contributed by atoms with van der Waals surface area (Å²) in [7, 11) is 0. The van der Waals surface area contributed by atoms with Gasteiger partial charge in [-0.2, -0.15) is 0 Å². The molecule has 5 nitrogen and oxygen atoms in total. The second-order valence-electron chi connectivity index (χ2n) is 10.3. The van der Waals surface area contributed by atoms with E-state index in [2.05, 4.69) is 25.3 Å². The number of nitrogens with zero attached hydrogens (tertiary/aromatic N) is 1. The van der Waals surface area contributed by atoms with Crippen LogP contribution >= 0.6 is 0 Å². The molecule has 0 aliphatic carbocycles. The first-order valence-corrected chi connectivity index (χ1v) is 14.2. The first-order valence-electron chi connectivity index (χ1n) is 14.2. The molecular weight excluding hydrogens is 546 g/mol. The molecule has 6 aromatic rings. The van der Waals surface area contributed by atoms with Gasteiger partial charge in [0.1, 0.15) is 0 Å². The van der Waals surface area contributed by atoms with Gasteiger partial charge < -0.3 is 9.47 Å². The number of carbonyl (C=O) groups is 2. The molecule has 2 unspecified atom stereocenters. The second-order valence-corrected chi connectivity index (χ2v) is 10.3. The van der Waals surface area contributed by atoms with Crippen LogP contribution in [0.5, 0.6) is 0 Å². The van der Waals surface area contributed by atoms with Crippen LogP contribution in [0, 0.1) is 0 Å². The van der Waals surface area contributed by atoms with E-state index in [1.807, 2.05) is 115 Å². The highest BCUT2D eigenvalue weighted by Crippen LogP contribution is 2.39. The molecule has 0 aliphatic rings. The van der Waals surface area contributed by atoms with Crippen molar-refractivity contribution < 1.29 is 19.1 Å². The quantitative estimate of drug-likeness (QED) is 0.0980. The van der Waals surface area contributed by atoms with Crippen molar-refractivity contribution in [2.24, 2.45) is 0 Å². The van der Waals surface area contributed by atoms with Crippen LogP contribution in [0.15, 0.2) is 153 Å². The van der Waals surface area contributed by atoms with E-state index in [1.165, 1.54) is 12.2 Å². The summed E-state index contributed by atoms with van der Waals surface area (Å²) in [5.74, 6) is -1.02. The van der Waals surface area contributed by atoms with E-state index >= 15 is 0 Å². The van der Waals surface area contributed by atoms with Gasteiger partial charge in [0.25, 0.3) is 0 Å². The Labute approximate surface area is 255 Å². The van der Waals surface area contributed by atoms with E-state index in [9.17, 15) is 9.59 Å². The van der Waals surface area contributed by atoms with Crippen molar-refractivity contribution in [1.29, 1.82) is 0 Å². The Morgan fingerprint density at radius 3 is 1.36 bits per heavy atom. The average Bonchev–Trinajstić information content (AvgIpc) is 3.09. The summed E-state index contributed by atoms with van der Waals surface area (Å²) in [6, 6.07) is 41.2. The standard InChI is InChI=1S/C39H29NO4/c1-3-35(41)43-38(27-16-10-6-11-17-27)29-20-22-33-31(24-29)37(26-14-8-5-9-15-26)32-25-30(21-23-34(32)40-33)39(44-36(42)4-2)28-18-12-7-13-19-28/h3-25,38-39H,1-2H2. The van der Waals surface area contributed by atoms with Crippen LogP contribution in [0.4, 0.5) is 0 Å². The normalized spacial score (nSPS) is 12.3. The van der Waals surface area contributed by atoms with Gasteiger partial charge in [-0.15, -0.1) is 0 Å². The largest absolute Gasteiger partial charge is 0.449 e. The van der Waals surface area contributed by atoms with Crippen molar-refractivity contribution in [3.8, 4) is 11.1 Å². The number of fused-ring (bicyclic) bond motifs is 2. The molecule has 44 heavy (non-hydrogen) atoms. The predicted octanol–water partition coefficient (Wildman–Crippen LogP) is 8.69. The molecule has 214 valence electrons. The topological polar surface area (TPSA) is 65.5 Å². The van der Waals surface area contributed by atoms with Crippen LogP contribution in [0.25, 0.3) is 32.9 Å². The SMILES string of the molecule is C=CC(=O)OC(c1ccccc1)c1ccc2nc3ccc(C(OC(=O)C=C)c4ccccc4)cc3c(-c3ccccc3)c2c1. The second kappa shape index (κ2) is 12.6. The Hall–Kier alpha value is -5.81. The summed E-state index contributed by atoms with van der Waals surface area (Å²) in [5.41, 5.74) is 6.85. The molecule has 0 N–H and O–H groups in total. The van der Waals surface area contributed by atoms with Crippen molar-refractivity contribution in [2.45, 2.75) is 12.2 Å². The highest BCUT2D eigenvalue weighted by atomic mass is 16.5. The van der Waals surface area contributed by atoms with Gasteiger partial charge in [-0.3, -0.25) is 0 Å². The Bertz CT molecular complexity index is 1860. The van der Waals surface area contributed by atoms with Crippen LogP contribution in [-0.4, -0.2) is 16.9 Å². The minimum absolute atomic E-state index is 0.510. The molecule has 0 amide bonds. The first kappa shape index (κ1) is 28.3. The van der Waals surface area contributed by atoms with Crippen LogP contribution in [0.2, 0.25) is 0 Å². The Balaban J connectivity index is 1.60. The number of rotatable bonds is 9. The fraction of sp³-hybridized carbons (Fsp3) is 0.0513. The highest BCUT2D eigenvalue weighted by Gasteiger charge is 2.22. The molecule has 1 heterocycles. The molecule has 0 fully saturated rings. The zero-order valence-electron chi connectivity index (χ0n) is 23.9. The molecule has 0 radical (unpaired) electrons. The summed E-state index contributed by atoms with van der Waals surface area (Å²) in [6.07, 6.45) is 1.06. The third kappa shape index (κ3) is 5.76. The first-order chi connectivity index (χ1) is 21.6. The van der Waals surface area contributed by atoms with E-state index in [1.54, 1.807) is 0 Å². The number of aromatic nitrogens is 1. The third-order valence-electron chi connectivity index (χ3n) is 7.49. The number of benzene rings is 5. The maximum Gasteiger partial charge on any atom is 0.331 e. The van der Waals surface area contributed by atoms with Crippen molar-refractivity contribution >= 4 is 33.7 Å². The molecule has 2 atom stereocenters. The van der Waals surface area contributed by atoms with E-state index in [-0.39, 0.29) is 0 Å². The van der Waals surface area contributed by atoms with E-state index in [0.29, 0.717) is 0 Å². The smallest absolute Gasteiger partial charge is 0.331 e. The zero-order chi connectivity index (χ0) is 30.5. The molecule has 0 aliphatic heterocycles. The number of ether oxygens (including phenoxy) is 2. The van der Waals surface area contributed by atoms with Crippen LogP contribution < -0.4 is 0 Å². The lowest BCUT2D eigenvalue weighted by Crippen LogP contribution is -2.11. The predicted molar refractivity (Wildman–Crippen MR) is 174 cm³/mol. The van der Waals surface area contributed by atoms with E-state index in [0.717, 1.165) is 55.2 Å². The lowest BCUT2D eigenvalue weighted by molar-refractivity contribution is -0.142. The summed E-state index contributed by atoms with van der Waals surface area (Å²) in [4.78, 5) is 29.9. The maximum atomic E-state index is 12.4. The molecule has 5 heteroatoms. The Morgan fingerprint density at radius 1 is 0.545 bits per heavy atom. The molecule has 1 aromatic heterocycles. The van der Waals surface area contributed by atoms with Crippen molar-refractivity contribution in [2.75, 3.05) is 0 Å². The van der Waals surface area contributed by atoms with Gasteiger partial charge in [-0.25, -0.2) is 14.6 Å². The minimum Gasteiger partial charge on any atom is -0.449 e. The molecule has 6 rings (SSSR count). The maximum absolute atomic E-state index is 12.4. The Kier molecular flexibility index (Phi) is 8.10. The van der Waals surface area contributed by atoms with Gasteiger partial charge in [-0.05, 0) is 52.1 Å². The number of esters is 2. The molecule has 0 saturated heterocycles. The molecule has 0 bridgehead atoms. The summed E-state index contributed by atoms with van der Waals surface area (Å²) in [5, 5.41) is 1.79. The molecular formula is C39H29NO4. The summed E-state index contributed by atoms with van der Waals surface area (Å²) in [6.45, 7) is 7.17. The monoisotopic (exact) mass is 575 g/mol. The highest BCUT2D eigenvalue weighted by molar-refractivity contribution is 6.10. The average molecular weight is 576 g/mol. The molecule has 5 aromatic carbocycles. The van der Waals surface area contributed by atoms with Crippen LogP contribution in [-0.2, 0) is 19.1 Å². The van der Waals surface area contributed by atoms with Gasteiger partial charge in [0.2, 0.25) is 0 Å². The van der Waals surface area contributed by atoms with Gasteiger partial charge in [0.05, 0.1) is 11.0 Å². The van der Waals surface area contributed by atoms with Gasteiger partial charge >= 0.3 is 11.9 Å². The van der Waals surface area contributed by atoms with Gasteiger partial charge in [0, 0.05) is 28.5 Å². The number of pyridine rings is 1. The number of hydrogen-bond acceptors (Lipinski definition) is 5. The third-order valence-corrected chi connectivity index (χ3v) is 7.49. The number of hydrogen-bond donors (Lipinski definition) is 0. The van der Waals surface area contributed by atoms with Crippen molar-refractivity contribution in [3.05, 3.63) is 175 Å². The molecule has 0 saturated carbocycles.